The Labute approximate surface area is 157 Å². The zero-order valence-corrected chi connectivity index (χ0v) is 15.6. The summed E-state index contributed by atoms with van der Waals surface area (Å²) in [5.74, 6) is 1.82. The maximum absolute atomic E-state index is 6.34. The summed E-state index contributed by atoms with van der Waals surface area (Å²) in [7, 11) is 0. The molecule has 124 valence electrons. The molecule has 0 fully saturated rings. The van der Waals surface area contributed by atoms with Gasteiger partial charge in [-0.1, -0.05) is 72.3 Å². The fraction of sp³-hybridized carbons (Fsp3) is 0.0435. The smallest absolute Gasteiger partial charge is 0.608 e. The van der Waals surface area contributed by atoms with Crippen LogP contribution in [-0.4, -0.2) is 14.8 Å². The predicted molar refractivity (Wildman–Crippen MR) is 107 cm³/mol. The molecule has 5 rings (SSSR count). The molecule has 0 aliphatic carbocycles. The second-order valence-electron chi connectivity index (χ2n) is 6.61. The molecule has 0 bridgehead atoms. The van der Waals surface area contributed by atoms with Crippen LogP contribution in [0.4, 0.5) is 0 Å². The third-order valence-electron chi connectivity index (χ3n) is 4.94. The Morgan fingerprint density at radius 2 is 1.50 bits per heavy atom. The summed E-state index contributed by atoms with van der Waals surface area (Å²) in [4.78, 5) is 0. The minimum absolute atomic E-state index is 0.866. The molecule has 0 aromatic heterocycles. The van der Waals surface area contributed by atoms with E-state index in [0.717, 1.165) is 11.5 Å². The van der Waals surface area contributed by atoms with E-state index < -0.39 is 14.8 Å². The lowest BCUT2D eigenvalue weighted by Gasteiger charge is -2.12. The zero-order chi connectivity index (χ0) is 17.5. The van der Waals surface area contributed by atoms with Crippen molar-refractivity contribution >= 4 is 30.0 Å². The van der Waals surface area contributed by atoms with Crippen molar-refractivity contribution in [3.8, 4) is 22.6 Å². The number of rotatable bonds is 3. The number of benzene rings is 4. The molecule has 0 atom stereocenters. The Morgan fingerprint density at radius 1 is 0.731 bits per heavy atom. The molecule has 2 nitrogen and oxygen atoms in total. The Bertz CT molecular complexity index is 1090. The molecule has 3 heteroatoms. The normalized spacial score (nSPS) is 12.3. The SMILES string of the molecule is Cc1ccc2cccc3c2[c]1[Al]([O]c1ccc(-c2ccccc2)cc1)[O]3. The molecule has 0 amide bonds. The Hall–Kier alpha value is -2.73. The summed E-state index contributed by atoms with van der Waals surface area (Å²) in [5, 5.41) is 2.45. The molecule has 1 aliphatic heterocycles. The maximum atomic E-state index is 6.34. The minimum Gasteiger partial charge on any atom is -0.608 e. The van der Waals surface area contributed by atoms with Crippen molar-refractivity contribution in [2.24, 2.45) is 0 Å². The van der Waals surface area contributed by atoms with Crippen molar-refractivity contribution in [3.63, 3.8) is 0 Å². The largest absolute Gasteiger partial charge is 0.902 e. The van der Waals surface area contributed by atoms with Crippen LogP contribution in [0.3, 0.4) is 0 Å². The van der Waals surface area contributed by atoms with Gasteiger partial charge in [0.2, 0.25) is 0 Å². The van der Waals surface area contributed by atoms with E-state index >= 15 is 0 Å². The Balaban J connectivity index is 1.46. The van der Waals surface area contributed by atoms with Crippen LogP contribution in [0.25, 0.3) is 21.9 Å². The van der Waals surface area contributed by atoms with Crippen LogP contribution < -0.4 is 12.0 Å². The average molecular weight is 352 g/mol. The first kappa shape index (κ1) is 15.5. The Kier molecular flexibility index (Phi) is 3.71. The van der Waals surface area contributed by atoms with Crippen LogP contribution in [0.5, 0.6) is 11.5 Å². The van der Waals surface area contributed by atoms with E-state index in [1.54, 1.807) is 0 Å². The van der Waals surface area contributed by atoms with Crippen molar-refractivity contribution < 1.29 is 7.58 Å². The molecule has 26 heavy (non-hydrogen) atoms. The van der Waals surface area contributed by atoms with Crippen LogP contribution in [0, 0.1) is 6.92 Å². The van der Waals surface area contributed by atoms with Crippen LogP contribution in [0.15, 0.2) is 84.9 Å². The van der Waals surface area contributed by atoms with Gasteiger partial charge in [-0.3, -0.25) is 0 Å². The average Bonchev–Trinajstić information content (AvgIpc) is 3.06. The molecular formula is C23H17AlO2. The van der Waals surface area contributed by atoms with E-state index in [2.05, 4.69) is 61.5 Å². The maximum Gasteiger partial charge on any atom is 0.902 e. The molecule has 0 saturated carbocycles. The van der Waals surface area contributed by atoms with Crippen LogP contribution in [-0.2, 0) is 0 Å². The van der Waals surface area contributed by atoms with Crippen molar-refractivity contribution in [1.29, 1.82) is 0 Å². The highest BCUT2D eigenvalue weighted by atomic mass is 27.2. The van der Waals surface area contributed by atoms with E-state index in [0.29, 0.717) is 0 Å². The van der Waals surface area contributed by atoms with Gasteiger partial charge in [0, 0.05) is 5.39 Å². The van der Waals surface area contributed by atoms with Crippen molar-refractivity contribution in [2.45, 2.75) is 6.92 Å². The van der Waals surface area contributed by atoms with Gasteiger partial charge in [-0.15, -0.1) is 0 Å². The fourth-order valence-electron chi connectivity index (χ4n) is 3.62. The summed E-state index contributed by atoms with van der Waals surface area (Å²) >= 11 is -2.01. The molecular weight excluding hydrogens is 335 g/mol. The topological polar surface area (TPSA) is 18.5 Å². The van der Waals surface area contributed by atoms with E-state index in [4.69, 9.17) is 7.58 Å². The summed E-state index contributed by atoms with van der Waals surface area (Å²) in [6.07, 6.45) is 0. The molecule has 0 radical (unpaired) electrons. The summed E-state index contributed by atoms with van der Waals surface area (Å²) in [5.41, 5.74) is 3.65. The monoisotopic (exact) mass is 352 g/mol. The molecule has 0 N–H and O–H groups in total. The molecule has 1 heterocycles. The van der Waals surface area contributed by atoms with Gasteiger partial charge >= 0.3 is 14.8 Å². The Morgan fingerprint density at radius 3 is 2.31 bits per heavy atom. The molecule has 4 aromatic carbocycles. The standard InChI is InChI=1S/C12H10O.C11H9O.Al/c13-12-8-6-11(7-9-12)10-4-2-1-3-5-10;1-8-5-6-9-3-2-4-11(12)10(9)7-8;/h1-9,13H;2-6,12H,1H3;/q;;+2/p-2. The van der Waals surface area contributed by atoms with Crippen LogP contribution in [0.2, 0.25) is 0 Å². The first-order valence-corrected chi connectivity index (χ1v) is 10.3. The van der Waals surface area contributed by atoms with Crippen molar-refractivity contribution in [3.05, 3.63) is 90.5 Å². The lowest BCUT2D eigenvalue weighted by molar-refractivity contribution is 0.448. The van der Waals surface area contributed by atoms with Gasteiger partial charge in [-0.2, -0.15) is 0 Å². The van der Waals surface area contributed by atoms with Gasteiger partial charge in [0.1, 0.15) is 0 Å². The highest BCUT2D eigenvalue weighted by Crippen LogP contribution is 2.32. The van der Waals surface area contributed by atoms with Gasteiger partial charge in [0.25, 0.3) is 0 Å². The second kappa shape index (κ2) is 6.21. The summed E-state index contributed by atoms with van der Waals surface area (Å²) in [6, 6.07) is 29.2. The van der Waals surface area contributed by atoms with E-state index in [9.17, 15) is 0 Å². The van der Waals surface area contributed by atoms with Crippen LogP contribution >= 0.6 is 0 Å². The van der Waals surface area contributed by atoms with E-state index in [1.165, 1.54) is 31.9 Å². The van der Waals surface area contributed by atoms with E-state index in [-0.39, 0.29) is 0 Å². The van der Waals surface area contributed by atoms with Gasteiger partial charge in [0.05, 0.1) is 11.5 Å². The number of aryl methyl sites for hydroxylation is 1. The second-order valence-corrected chi connectivity index (χ2v) is 8.32. The zero-order valence-electron chi connectivity index (χ0n) is 14.5. The molecule has 0 spiro atoms. The van der Waals surface area contributed by atoms with Crippen molar-refractivity contribution in [2.75, 3.05) is 0 Å². The summed E-state index contributed by atoms with van der Waals surface area (Å²) in [6.45, 7) is 2.14. The highest BCUT2D eigenvalue weighted by molar-refractivity contribution is 6.68. The lowest BCUT2D eigenvalue weighted by atomic mass is 10.1. The van der Waals surface area contributed by atoms with Gasteiger partial charge < -0.3 is 7.58 Å². The third kappa shape index (κ3) is 2.57. The summed E-state index contributed by atoms with van der Waals surface area (Å²) < 4.78 is 13.8. The van der Waals surface area contributed by atoms with E-state index in [1.807, 2.05) is 30.3 Å². The van der Waals surface area contributed by atoms with Gasteiger partial charge in [-0.25, -0.2) is 0 Å². The number of hydrogen-bond donors (Lipinski definition) is 0. The first-order chi connectivity index (χ1) is 12.8. The highest BCUT2D eigenvalue weighted by Gasteiger charge is 2.44. The first-order valence-electron chi connectivity index (χ1n) is 8.81. The molecule has 0 saturated heterocycles. The number of hydrogen-bond acceptors (Lipinski definition) is 2. The molecule has 4 aromatic rings. The molecule has 1 aliphatic rings. The molecule has 0 unspecified atom stereocenters. The van der Waals surface area contributed by atoms with Gasteiger partial charge in [-0.05, 0) is 46.1 Å². The minimum atomic E-state index is -2.01. The van der Waals surface area contributed by atoms with Crippen LogP contribution in [0.1, 0.15) is 5.56 Å². The predicted octanol–water partition coefficient (Wildman–Crippen LogP) is 4.98. The van der Waals surface area contributed by atoms with Gasteiger partial charge in [0.15, 0.2) is 0 Å². The third-order valence-corrected chi connectivity index (χ3v) is 7.11. The quantitative estimate of drug-likeness (QED) is 0.484. The van der Waals surface area contributed by atoms with Crippen molar-refractivity contribution in [1.82, 2.24) is 0 Å². The lowest BCUT2D eigenvalue weighted by Crippen LogP contribution is -2.40. The fourth-order valence-corrected chi connectivity index (χ4v) is 5.74.